The SMILES string of the molecule is CC(C)c1cccc(OCc2ccc(C#CCO)cc2)c1. The minimum Gasteiger partial charge on any atom is -0.489 e. The molecule has 0 aliphatic rings. The van der Waals surface area contributed by atoms with Crippen LogP contribution in [0.2, 0.25) is 0 Å². The van der Waals surface area contributed by atoms with Gasteiger partial charge in [-0.1, -0.05) is 50.0 Å². The predicted octanol–water partition coefficient (Wildman–Crippen LogP) is 3.73. The van der Waals surface area contributed by atoms with Crippen LogP contribution < -0.4 is 4.74 Å². The number of aliphatic hydroxyl groups excluding tert-OH is 1. The van der Waals surface area contributed by atoms with Crippen molar-refractivity contribution in [2.24, 2.45) is 0 Å². The molecule has 21 heavy (non-hydrogen) atoms. The van der Waals surface area contributed by atoms with Crippen molar-refractivity contribution in [3.05, 3.63) is 65.2 Å². The molecule has 2 rings (SSSR count). The van der Waals surface area contributed by atoms with Gasteiger partial charge in [-0.05, 0) is 41.3 Å². The third-order valence-electron chi connectivity index (χ3n) is 3.20. The van der Waals surface area contributed by atoms with Crippen LogP contribution in [-0.2, 0) is 6.61 Å². The molecule has 0 atom stereocenters. The zero-order valence-electron chi connectivity index (χ0n) is 12.5. The molecule has 0 aliphatic carbocycles. The van der Waals surface area contributed by atoms with Gasteiger partial charge in [0.25, 0.3) is 0 Å². The van der Waals surface area contributed by atoms with Gasteiger partial charge in [-0.2, -0.15) is 0 Å². The van der Waals surface area contributed by atoms with Crippen LogP contribution in [0.3, 0.4) is 0 Å². The van der Waals surface area contributed by atoms with Gasteiger partial charge < -0.3 is 9.84 Å². The van der Waals surface area contributed by atoms with Gasteiger partial charge in [-0.15, -0.1) is 0 Å². The van der Waals surface area contributed by atoms with E-state index in [0.29, 0.717) is 12.5 Å². The van der Waals surface area contributed by atoms with Gasteiger partial charge in [-0.3, -0.25) is 0 Å². The lowest BCUT2D eigenvalue weighted by atomic mass is 10.0. The Hall–Kier alpha value is -2.24. The molecule has 0 unspecified atom stereocenters. The first kappa shape index (κ1) is 15.2. The smallest absolute Gasteiger partial charge is 0.120 e. The highest BCUT2D eigenvalue weighted by Crippen LogP contribution is 2.21. The van der Waals surface area contributed by atoms with Crippen LogP contribution >= 0.6 is 0 Å². The van der Waals surface area contributed by atoms with E-state index in [2.05, 4.69) is 37.8 Å². The second-order valence-corrected chi connectivity index (χ2v) is 5.17. The van der Waals surface area contributed by atoms with E-state index in [1.54, 1.807) is 0 Å². The van der Waals surface area contributed by atoms with E-state index >= 15 is 0 Å². The molecule has 1 N–H and O–H groups in total. The van der Waals surface area contributed by atoms with Gasteiger partial charge in [0.1, 0.15) is 19.0 Å². The van der Waals surface area contributed by atoms with E-state index < -0.39 is 0 Å². The Morgan fingerprint density at radius 2 is 1.86 bits per heavy atom. The lowest BCUT2D eigenvalue weighted by Crippen LogP contribution is -1.96. The highest BCUT2D eigenvalue weighted by molar-refractivity contribution is 5.36. The number of hydrogen-bond acceptors (Lipinski definition) is 2. The Balaban J connectivity index is 1.98. The molecule has 0 saturated heterocycles. The fourth-order valence-corrected chi connectivity index (χ4v) is 1.96. The fourth-order valence-electron chi connectivity index (χ4n) is 1.96. The molecule has 0 aliphatic heterocycles. The number of rotatable bonds is 4. The third-order valence-corrected chi connectivity index (χ3v) is 3.20. The summed E-state index contributed by atoms with van der Waals surface area (Å²) in [7, 11) is 0. The Kier molecular flexibility index (Phi) is 5.43. The van der Waals surface area contributed by atoms with E-state index in [1.165, 1.54) is 5.56 Å². The van der Waals surface area contributed by atoms with Gasteiger partial charge in [-0.25, -0.2) is 0 Å². The summed E-state index contributed by atoms with van der Waals surface area (Å²) in [5.41, 5.74) is 3.27. The van der Waals surface area contributed by atoms with Crippen LogP contribution in [0.1, 0.15) is 36.5 Å². The summed E-state index contributed by atoms with van der Waals surface area (Å²) in [5, 5.41) is 8.66. The molecule has 0 aromatic heterocycles. The van der Waals surface area contributed by atoms with Crippen LogP contribution in [0.15, 0.2) is 48.5 Å². The number of aliphatic hydroxyl groups is 1. The molecule has 0 heterocycles. The van der Waals surface area contributed by atoms with Crippen LogP contribution in [0.5, 0.6) is 5.75 Å². The topological polar surface area (TPSA) is 29.5 Å². The Morgan fingerprint density at radius 1 is 1.10 bits per heavy atom. The molecule has 2 nitrogen and oxygen atoms in total. The molecule has 0 amide bonds. The second-order valence-electron chi connectivity index (χ2n) is 5.17. The molecule has 0 spiro atoms. The summed E-state index contributed by atoms with van der Waals surface area (Å²) >= 11 is 0. The first-order valence-corrected chi connectivity index (χ1v) is 7.10. The van der Waals surface area contributed by atoms with Crippen molar-refractivity contribution in [3.8, 4) is 17.6 Å². The molecule has 0 fully saturated rings. The summed E-state index contributed by atoms with van der Waals surface area (Å²) in [4.78, 5) is 0. The van der Waals surface area contributed by atoms with Crippen molar-refractivity contribution in [1.82, 2.24) is 0 Å². The maximum absolute atomic E-state index is 8.66. The average Bonchev–Trinajstić information content (AvgIpc) is 2.52. The zero-order chi connectivity index (χ0) is 15.1. The molecule has 0 bridgehead atoms. The quantitative estimate of drug-likeness (QED) is 0.865. The first-order chi connectivity index (χ1) is 10.2. The molecular formula is C19H20O2. The summed E-state index contributed by atoms with van der Waals surface area (Å²) < 4.78 is 5.83. The minimum absolute atomic E-state index is 0.114. The van der Waals surface area contributed by atoms with Gasteiger partial charge in [0.05, 0.1) is 0 Å². The lowest BCUT2D eigenvalue weighted by Gasteiger charge is -2.10. The van der Waals surface area contributed by atoms with Gasteiger partial charge in [0.2, 0.25) is 0 Å². The summed E-state index contributed by atoms with van der Waals surface area (Å²) in [6, 6.07) is 16.1. The van der Waals surface area contributed by atoms with E-state index in [9.17, 15) is 0 Å². The molecule has 2 aromatic carbocycles. The number of ether oxygens (including phenoxy) is 1. The Labute approximate surface area is 126 Å². The standard InChI is InChI=1S/C19H20O2/c1-15(2)18-6-3-7-19(13-18)21-14-17-10-8-16(9-11-17)5-4-12-20/h3,6-11,13,15,20H,12,14H2,1-2H3. The Bertz CT molecular complexity index is 631. The van der Waals surface area contributed by atoms with Crippen molar-refractivity contribution < 1.29 is 9.84 Å². The van der Waals surface area contributed by atoms with Crippen LogP contribution in [0.4, 0.5) is 0 Å². The Morgan fingerprint density at radius 3 is 2.52 bits per heavy atom. The van der Waals surface area contributed by atoms with E-state index in [1.807, 2.05) is 36.4 Å². The summed E-state index contributed by atoms with van der Waals surface area (Å²) in [6.45, 7) is 4.77. The predicted molar refractivity (Wildman–Crippen MR) is 85.3 cm³/mol. The molecule has 2 heteroatoms. The van der Waals surface area contributed by atoms with Gasteiger partial charge in [0, 0.05) is 5.56 Å². The second kappa shape index (κ2) is 7.52. The maximum Gasteiger partial charge on any atom is 0.120 e. The number of hydrogen-bond donors (Lipinski definition) is 1. The highest BCUT2D eigenvalue weighted by atomic mass is 16.5. The lowest BCUT2D eigenvalue weighted by molar-refractivity contribution is 0.306. The van der Waals surface area contributed by atoms with Crippen molar-refractivity contribution >= 4 is 0 Å². The van der Waals surface area contributed by atoms with Crippen molar-refractivity contribution in [3.63, 3.8) is 0 Å². The maximum atomic E-state index is 8.66. The molecule has 0 saturated carbocycles. The average molecular weight is 280 g/mol. The number of benzene rings is 2. The van der Waals surface area contributed by atoms with E-state index in [4.69, 9.17) is 9.84 Å². The first-order valence-electron chi connectivity index (χ1n) is 7.10. The molecule has 2 aromatic rings. The zero-order valence-corrected chi connectivity index (χ0v) is 12.5. The van der Waals surface area contributed by atoms with Crippen molar-refractivity contribution in [2.75, 3.05) is 6.61 Å². The third kappa shape index (κ3) is 4.66. The largest absolute Gasteiger partial charge is 0.489 e. The molecule has 0 radical (unpaired) electrons. The van der Waals surface area contributed by atoms with Gasteiger partial charge >= 0.3 is 0 Å². The highest BCUT2D eigenvalue weighted by Gasteiger charge is 2.01. The van der Waals surface area contributed by atoms with Crippen LogP contribution in [0, 0.1) is 11.8 Å². The summed E-state index contributed by atoms with van der Waals surface area (Å²) in [5.74, 6) is 6.90. The van der Waals surface area contributed by atoms with E-state index in [-0.39, 0.29) is 6.61 Å². The monoisotopic (exact) mass is 280 g/mol. The normalized spacial score (nSPS) is 10.1. The van der Waals surface area contributed by atoms with Crippen LogP contribution in [0.25, 0.3) is 0 Å². The minimum atomic E-state index is -0.114. The van der Waals surface area contributed by atoms with E-state index in [0.717, 1.165) is 16.9 Å². The summed E-state index contributed by atoms with van der Waals surface area (Å²) in [6.07, 6.45) is 0. The molecule has 108 valence electrons. The van der Waals surface area contributed by atoms with Crippen molar-refractivity contribution in [1.29, 1.82) is 0 Å². The molecular weight excluding hydrogens is 260 g/mol. The van der Waals surface area contributed by atoms with Gasteiger partial charge in [0.15, 0.2) is 0 Å². The van der Waals surface area contributed by atoms with Crippen molar-refractivity contribution in [2.45, 2.75) is 26.4 Å². The fraction of sp³-hybridized carbons (Fsp3) is 0.263. The van der Waals surface area contributed by atoms with Crippen LogP contribution in [-0.4, -0.2) is 11.7 Å².